The van der Waals surface area contributed by atoms with Gasteiger partial charge in [0, 0.05) is 12.5 Å². The van der Waals surface area contributed by atoms with Crippen molar-refractivity contribution in [1.82, 2.24) is 14.8 Å². The first-order chi connectivity index (χ1) is 7.68. The average Bonchev–Trinajstić information content (AvgIpc) is 2.86. The van der Waals surface area contributed by atoms with E-state index in [0.29, 0.717) is 18.4 Å². The van der Waals surface area contributed by atoms with Crippen LogP contribution in [0.15, 0.2) is 6.33 Å². The van der Waals surface area contributed by atoms with Gasteiger partial charge in [0.2, 0.25) is 0 Å². The summed E-state index contributed by atoms with van der Waals surface area (Å²) < 4.78 is 1.90. The van der Waals surface area contributed by atoms with Gasteiger partial charge >= 0.3 is 0 Å². The second-order valence-corrected chi connectivity index (χ2v) is 5.03. The Morgan fingerprint density at radius 1 is 1.44 bits per heavy atom. The third kappa shape index (κ3) is 2.43. The zero-order chi connectivity index (χ0) is 11.5. The van der Waals surface area contributed by atoms with Gasteiger partial charge in [-0.2, -0.15) is 5.10 Å². The zero-order valence-electron chi connectivity index (χ0n) is 10.1. The molecular formula is C12H21N3O. The van der Waals surface area contributed by atoms with Crippen LogP contribution in [-0.2, 0) is 6.42 Å². The summed E-state index contributed by atoms with van der Waals surface area (Å²) >= 11 is 0. The van der Waals surface area contributed by atoms with Gasteiger partial charge in [-0.3, -0.25) is 0 Å². The van der Waals surface area contributed by atoms with Crippen molar-refractivity contribution in [3.63, 3.8) is 0 Å². The lowest BCUT2D eigenvalue weighted by Crippen LogP contribution is -2.23. The minimum Gasteiger partial charge on any atom is -0.392 e. The summed E-state index contributed by atoms with van der Waals surface area (Å²) in [4.78, 5) is 4.24. The molecule has 1 N–H and O–H groups in total. The van der Waals surface area contributed by atoms with E-state index in [9.17, 15) is 5.11 Å². The second-order valence-electron chi connectivity index (χ2n) is 5.03. The van der Waals surface area contributed by atoms with Gasteiger partial charge in [-0.15, -0.1) is 0 Å². The van der Waals surface area contributed by atoms with E-state index in [4.69, 9.17) is 0 Å². The van der Waals surface area contributed by atoms with E-state index in [1.54, 1.807) is 6.33 Å². The van der Waals surface area contributed by atoms with Gasteiger partial charge in [0.1, 0.15) is 12.2 Å². The molecular weight excluding hydrogens is 202 g/mol. The highest BCUT2D eigenvalue weighted by Gasteiger charge is 2.25. The first-order valence-electron chi connectivity index (χ1n) is 6.25. The Labute approximate surface area is 96.7 Å². The maximum absolute atomic E-state index is 10.1. The predicted molar refractivity (Wildman–Crippen MR) is 62.1 cm³/mol. The van der Waals surface area contributed by atoms with Crippen LogP contribution in [-0.4, -0.2) is 26.0 Å². The average molecular weight is 223 g/mol. The van der Waals surface area contributed by atoms with Crippen molar-refractivity contribution in [2.24, 2.45) is 5.92 Å². The number of hydrogen-bond donors (Lipinski definition) is 1. The minimum atomic E-state index is -0.246. The van der Waals surface area contributed by atoms with Crippen molar-refractivity contribution in [3.8, 4) is 0 Å². The Bertz CT molecular complexity index is 329. The number of rotatable bonds is 4. The van der Waals surface area contributed by atoms with E-state index in [-0.39, 0.29) is 6.10 Å². The third-order valence-corrected chi connectivity index (χ3v) is 3.47. The smallest absolute Gasteiger partial charge is 0.138 e. The van der Waals surface area contributed by atoms with Crippen LogP contribution in [0.1, 0.15) is 51.4 Å². The number of aliphatic hydroxyl groups excluding tert-OH is 1. The number of hydrogen-bond acceptors (Lipinski definition) is 3. The first kappa shape index (κ1) is 11.6. The second kappa shape index (κ2) is 4.95. The van der Waals surface area contributed by atoms with Crippen LogP contribution in [0.25, 0.3) is 0 Å². The quantitative estimate of drug-likeness (QED) is 0.848. The Hall–Kier alpha value is -0.900. The van der Waals surface area contributed by atoms with E-state index in [1.807, 2.05) is 4.68 Å². The Balaban J connectivity index is 1.99. The molecule has 0 aromatic carbocycles. The van der Waals surface area contributed by atoms with Crippen molar-refractivity contribution in [1.29, 1.82) is 0 Å². The molecule has 1 unspecified atom stereocenters. The maximum atomic E-state index is 10.1. The van der Waals surface area contributed by atoms with E-state index in [0.717, 1.165) is 18.7 Å². The topological polar surface area (TPSA) is 50.9 Å². The molecule has 0 spiro atoms. The molecule has 16 heavy (non-hydrogen) atoms. The molecule has 1 aromatic rings. The molecule has 2 rings (SSSR count). The highest BCUT2D eigenvalue weighted by molar-refractivity contribution is 4.91. The molecule has 1 aromatic heterocycles. The molecule has 1 atom stereocenters. The molecule has 0 bridgehead atoms. The standard InChI is InChI=1S/C12H21N3O/c1-9(2)15-12(13-8-14-15)7-11(16)10-5-3-4-6-10/h8-11,16H,3-7H2,1-2H3. The highest BCUT2D eigenvalue weighted by atomic mass is 16.3. The molecule has 1 aliphatic rings. The summed E-state index contributed by atoms with van der Waals surface area (Å²) in [6.07, 6.45) is 6.83. The van der Waals surface area contributed by atoms with Gasteiger partial charge in [-0.05, 0) is 32.6 Å². The van der Waals surface area contributed by atoms with Crippen molar-refractivity contribution >= 4 is 0 Å². The van der Waals surface area contributed by atoms with Gasteiger partial charge in [-0.25, -0.2) is 9.67 Å². The van der Waals surface area contributed by atoms with Crippen molar-refractivity contribution in [2.75, 3.05) is 0 Å². The molecule has 1 aliphatic carbocycles. The van der Waals surface area contributed by atoms with E-state index in [1.165, 1.54) is 12.8 Å². The fourth-order valence-corrected chi connectivity index (χ4v) is 2.55. The molecule has 1 heterocycles. The fourth-order valence-electron chi connectivity index (χ4n) is 2.55. The van der Waals surface area contributed by atoms with Crippen LogP contribution in [0.3, 0.4) is 0 Å². The van der Waals surface area contributed by atoms with E-state index in [2.05, 4.69) is 23.9 Å². The minimum absolute atomic E-state index is 0.246. The molecule has 90 valence electrons. The summed E-state index contributed by atoms with van der Waals surface area (Å²) in [5, 5.41) is 14.3. The SMILES string of the molecule is CC(C)n1ncnc1CC(O)C1CCCC1. The van der Waals surface area contributed by atoms with Gasteiger partial charge in [-0.1, -0.05) is 12.8 Å². The summed E-state index contributed by atoms with van der Waals surface area (Å²) in [6.45, 7) is 4.17. The molecule has 1 fully saturated rings. The fraction of sp³-hybridized carbons (Fsp3) is 0.833. The van der Waals surface area contributed by atoms with Crippen LogP contribution in [0, 0.1) is 5.92 Å². The van der Waals surface area contributed by atoms with Crippen LogP contribution in [0.4, 0.5) is 0 Å². The van der Waals surface area contributed by atoms with Crippen molar-refractivity contribution in [3.05, 3.63) is 12.2 Å². The number of aliphatic hydroxyl groups is 1. The molecule has 0 saturated heterocycles. The lowest BCUT2D eigenvalue weighted by Gasteiger charge is -2.18. The summed E-state index contributed by atoms with van der Waals surface area (Å²) in [6, 6.07) is 0.313. The highest BCUT2D eigenvalue weighted by Crippen LogP contribution is 2.29. The lowest BCUT2D eigenvalue weighted by atomic mass is 9.98. The molecule has 4 nitrogen and oxygen atoms in total. The van der Waals surface area contributed by atoms with E-state index >= 15 is 0 Å². The Morgan fingerprint density at radius 3 is 2.75 bits per heavy atom. The van der Waals surface area contributed by atoms with Gasteiger partial charge in [0.25, 0.3) is 0 Å². The zero-order valence-corrected chi connectivity index (χ0v) is 10.1. The lowest BCUT2D eigenvalue weighted by molar-refractivity contribution is 0.107. The van der Waals surface area contributed by atoms with Crippen LogP contribution >= 0.6 is 0 Å². The molecule has 0 amide bonds. The van der Waals surface area contributed by atoms with Gasteiger partial charge in [0.15, 0.2) is 0 Å². The maximum Gasteiger partial charge on any atom is 0.138 e. The monoisotopic (exact) mass is 223 g/mol. The van der Waals surface area contributed by atoms with Gasteiger partial charge in [0.05, 0.1) is 6.10 Å². The van der Waals surface area contributed by atoms with Crippen molar-refractivity contribution < 1.29 is 5.11 Å². The first-order valence-corrected chi connectivity index (χ1v) is 6.25. The number of nitrogens with zero attached hydrogens (tertiary/aromatic N) is 3. The molecule has 4 heteroatoms. The molecule has 0 radical (unpaired) electrons. The normalized spacial score (nSPS) is 19.5. The van der Waals surface area contributed by atoms with E-state index < -0.39 is 0 Å². The summed E-state index contributed by atoms with van der Waals surface area (Å²) in [5.41, 5.74) is 0. The largest absolute Gasteiger partial charge is 0.392 e. The van der Waals surface area contributed by atoms with Crippen molar-refractivity contribution in [2.45, 2.75) is 58.1 Å². The Morgan fingerprint density at radius 2 is 2.12 bits per heavy atom. The third-order valence-electron chi connectivity index (χ3n) is 3.47. The molecule has 0 aliphatic heterocycles. The number of aromatic nitrogens is 3. The van der Waals surface area contributed by atoms with Crippen LogP contribution in [0.2, 0.25) is 0 Å². The summed E-state index contributed by atoms with van der Waals surface area (Å²) in [7, 11) is 0. The van der Waals surface area contributed by atoms with Crippen LogP contribution in [0.5, 0.6) is 0 Å². The predicted octanol–water partition coefficient (Wildman–Crippen LogP) is 1.95. The summed E-state index contributed by atoms with van der Waals surface area (Å²) in [5.74, 6) is 1.38. The van der Waals surface area contributed by atoms with Crippen LogP contribution < -0.4 is 0 Å². The Kier molecular flexibility index (Phi) is 3.59. The van der Waals surface area contributed by atoms with Gasteiger partial charge < -0.3 is 5.11 Å². The molecule has 1 saturated carbocycles.